The molecule has 1 rings (SSSR count). The number of hydrogen-bond donors (Lipinski definition) is 0. The Labute approximate surface area is 69.0 Å². The highest BCUT2D eigenvalue weighted by atomic mass is 35.5. The van der Waals surface area contributed by atoms with E-state index in [9.17, 15) is 0 Å². The van der Waals surface area contributed by atoms with Gasteiger partial charge < -0.3 is 0 Å². The van der Waals surface area contributed by atoms with Crippen molar-refractivity contribution in [3.8, 4) is 0 Å². The molecule has 3 unspecified atom stereocenters. The summed E-state index contributed by atoms with van der Waals surface area (Å²) in [6.45, 7) is 6.76. The molecule has 10 heavy (non-hydrogen) atoms. The minimum Gasteiger partial charge on any atom is -0.119 e. The molecule has 0 aromatic carbocycles. The van der Waals surface area contributed by atoms with Crippen LogP contribution < -0.4 is 0 Å². The molecule has 0 bridgehead atoms. The lowest BCUT2D eigenvalue weighted by atomic mass is 9.76. The summed E-state index contributed by atoms with van der Waals surface area (Å²) >= 11 is 6.29. The predicted octanol–water partition coefficient (Wildman–Crippen LogP) is 3.44. The van der Waals surface area contributed by atoms with Gasteiger partial charge in [-0.15, -0.1) is 11.6 Å². The monoisotopic (exact) mass is 160 g/mol. The van der Waals surface area contributed by atoms with Crippen LogP contribution in [-0.2, 0) is 0 Å². The van der Waals surface area contributed by atoms with Gasteiger partial charge in [0.05, 0.1) is 0 Å². The lowest BCUT2D eigenvalue weighted by Crippen LogP contribution is -2.32. The molecule has 0 saturated heterocycles. The van der Waals surface area contributed by atoms with E-state index in [1.165, 1.54) is 19.3 Å². The van der Waals surface area contributed by atoms with E-state index < -0.39 is 0 Å². The summed E-state index contributed by atoms with van der Waals surface area (Å²) in [4.78, 5) is 0.0898. The summed E-state index contributed by atoms with van der Waals surface area (Å²) in [7, 11) is 0. The minimum absolute atomic E-state index is 0.0898. The molecule has 0 amide bonds. The van der Waals surface area contributed by atoms with Gasteiger partial charge in [-0.3, -0.25) is 0 Å². The largest absolute Gasteiger partial charge is 0.119 e. The number of hydrogen-bond acceptors (Lipinski definition) is 0. The first kappa shape index (κ1) is 8.39. The second-order valence-electron chi connectivity index (χ2n) is 4.06. The molecule has 0 radical (unpaired) electrons. The highest BCUT2D eigenvalue weighted by Gasteiger charge is 2.33. The lowest BCUT2D eigenvalue weighted by molar-refractivity contribution is 0.243. The molecule has 1 saturated carbocycles. The lowest BCUT2D eigenvalue weighted by Gasteiger charge is -2.37. The van der Waals surface area contributed by atoms with Gasteiger partial charge in [0, 0.05) is 4.87 Å². The zero-order valence-electron chi connectivity index (χ0n) is 7.15. The van der Waals surface area contributed by atoms with Crippen molar-refractivity contribution < 1.29 is 0 Å². The number of halogens is 1. The van der Waals surface area contributed by atoms with Crippen LogP contribution in [0, 0.1) is 11.8 Å². The normalized spacial score (nSPS) is 49.2. The highest BCUT2D eigenvalue weighted by molar-refractivity contribution is 6.23. The van der Waals surface area contributed by atoms with Gasteiger partial charge >= 0.3 is 0 Å². The zero-order chi connectivity index (χ0) is 7.78. The first-order valence-electron chi connectivity index (χ1n) is 4.21. The molecule has 0 N–H and O–H groups in total. The Morgan fingerprint density at radius 3 is 2.40 bits per heavy atom. The topological polar surface area (TPSA) is 0 Å². The standard InChI is InChI=1S/C9H17Cl/c1-7-4-5-9(3,10)8(2)6-7/h7-8H,4-6H2,1-3H3. The molecule has 0 aromatic rings. The third kappa shape index (κ3) is 1.66. The maximum absolute atomic E-state index is 6.29. The van der Waals surface area contributed by atoms with E-state index in [0.29, 0.717) is 5.92 Å². The van der Waals surface area contributed by atoms with Gasteiger partial charge in [0.1, 0.15) is 0 Å². The summed E-state index contributed by atoms with van der Waals surface area (Å²) in [5.41, 5.74) is 0. The van der Waals surface area contributed by atoms with E-state index >= 15 is 0 Å². The van der Waals surface area contributed by atoms with E-state index in [1.54, 1.807) is 0 Å². The van der Waals surface area contributed by atoms with Crippen molar-refractivity contribution in [2.45, 2.75) is 44.9 Å². The van der Waals surface area contributed by atoms with E-state index in [-0.39, 0.29) is 4.87 Å². The van der Waals surface area contributed by atoms with Crippen molar-refractivity contribution >= 4 is 11.6 Å². The molecule has 1 heteroatoms. The van der Waals surface area contributed by atoms with E-state index in [1.807, 2.05) is 0 Å². The van der Waals surface area contributed by atoms with Gasteiger partial charge in [-0.05, 0) is 38.0 Å². The third-order valence-corrected chi connectivity index (χ3v) is 3.47. The van der Waals surface area contributed by atoms with Crippen molar-refractivity contribution in [3.05, 3.63) is 0 Å². The van der Waals surface area contributed by atoms with Crippen LogP contribution in [0.1, 0.15) is 40.0 Å². The fourth-order valence-electron chi connectivity index (χ4n) is 1.74. The highest BCUT2D eigenvalue weighted by Crippen LogP contribution is 2.40. The van der Waals surface area contributed by atoms with Crippen molar-refractivity contribution in [2.75, 3.05) is 0 Å². The molecular weight excluding hydrogens is 144 g/mol. The van der Waals surface area contributed by atoms with Gasteiger partial charge in [0.2, 0.25) is 0 Å². The van der Waals surface area contributed by atoms with Crippen LogP contribution >= 0.6 is 11.6 Å². The maximum Gasteiger partial charge on any atom is 0.0444 e. The van der Waals surface area contributed by atoms with Crippen LogP contribution in [0.5, 0.6) is 0 Å². The molecule has 0 aromatic heterocycles. The Morgan fingerprint density at radius 1 is 1.40 bits per heavy atom. The van der Waals surface area contributed by atoms with Crippen LogP contribution in [0.15, 0.2) is 0 Å². The van der Waals surface area contributed by atoms with Crippen LogP contribution in [0.4, 0.5) is 0 Å². The Bertz CT molecular complexity index is 118. The Morgan fingerprint density at radius 2 is 2.00 bits per heavy atom. The zero-order valence-corrected chi connectivity index (χ0v) is 7.91. The fraction of sp³-hybridized carbons (Fsp3) is 1.00. The van der Waals surface area contributed by atoms with Crippen molar-refractivity contribution in [1.82, 2.24) is 0 Å². The Hall–Kier alpha value is 0.290. The van der Waals surface area contributed by atoms with E-state index in [0.717, 1.165) is 5.92 Å². The number of alkyl halides is 1. The second-order valence-corrected chi connectivity index (χ2v) is 4.92. The van der Waals surface area contributed by atoms with Crippen molar-refractivity contribution in [3.63, 3.8) is 0 Å². The average molecular weight is 161 g/mol. The molecule has 0 heterocycles. The molecule has 0 spiro atoms. The first-order chi connectivity index (χ1) is 4.52. The van der Waals surface area contributed by atoms with Gasteiger partial charge in [0.15, 0.2) is 0 Å². The summed E-state index contributed by atoms with van der Waals surface area (Å²) in [6.07, 6.45) is 3.81. The van der Waals surface area contributed by atoms with Crippen LogP contribution in [0.2, 0.25) is 0 Å². The van der Waals surface area contributed by atoms with Crippen molar-refractivity contribution in [1.29, 1.82) is 0 Å². The van der Waals surface area contributed by atoms with Crippen LogP contribution in [0.25, 0.3) is 0 Å². The molecule has 1 fully saturated rings. The van der Waals surface area contributed by atoms with Crippen LogP contribution in [-0.4, -0.2) is 4.87 Å². The predicted molar refractivity (Wildman–Crippen MR) is 46.4 cm³/mol. The quantitative estimate of drug-likeness (QED) is 0.477. The summed E-state index contributed by atoms with van der Waals surface area (Å²) in [5, 5.41) is 0. The van der Waals surface area contributed by atoms with Gasteiger partial charge in [-0.2, -0.15) is 0 Å². The molecule has 0 aliphatic heterocycles. The van der Waals surface area contributed by atoms with Crippen LogP contribution in [0.3, 0.4) is 0 Å². The summed E-state index contributed by atoms with van der Waals surface area (Å²) in [5.74, 6) is 1.58. The Balaban J connectivity index is 2.52. The Kier molecular flexibility index (Phi) is 2.29. The molecule has 1 aliphatic rings. The number of rotatable bonds is 0. The third-order valence-electron chi connectivity index (χ3n) is 2.91. The average Bonchev–Trinajstić information content (AvgIpc) is 1.81. The second kappa shape index (κ2) is 2.73. The van der Waals surface area contributed by atoms with E-state index in [2.05, 4.69) is 20.8 Å². The maximum atomic E-state index is 6.29. The van der Waals surface area contributed by atoms with Gasteiger partial charge in [-0.25, -0.2) is 0 Å². The molecule has 1 aliphatic carbocycles. The van der Waals surface area contributed by atoms with Crippen molar-refractivity contribution in [2.24, 2.45) is 11.8 Å². The van der Waals surface area contributed by atoms with Gasteiger partial charge in [-0.1, -0.05) is 13.8 Å². The first-order valence-corrected chi connectivity index (χ1v) is 4.59. The molecule has 0 nitrogen and oxygen atoms in total. The molecule has 3 atom stereocenters. The summed E-state index contributed by atoms with van der Waals surface area (Å²) in [6, 6.07) is 0. The molecule has 60 valence electrons. The fourth-order valence-corrected chi connectivity index (χ4v) is 1.94. The minimum atomic E-state index is 0.0898. The SMILES string of the molecule is CC1CCC(C)(Cl)C(C)C1. The van der Waals surface area contributed by atoms with Gasteiger partial charge in [0.25, 0.3) is 0 Å². The summed E-state index contributed by atoms with van der Waals surface area (Å²) < 4.78 is 0. The smallest absolute Gasteiger partial charge is 0.0444 e. The molecular formula is C9H17Cl. The van der Waals surface area contributed by atoms with E-state index in [4.69, 9.17) is 11.6 Å².